The Kier molecular flexibility index (Phi) is 3.55. The molecule has 1 aromatic rings. The second kappa shape index (κ2) is 4.97. The van der Waals surface area contributed by atoms with Crippen molar-refractivity contribution in [3.8, 4) is 5.75 Å². The van der Waals surface area contributed by atoms with Crippen molar-refractivity contribution >= 4 is 40.6 Å². The van der Waals surface area contributed by atoms with Gasteiger partial charge in [-0.1, -0.05) is 6.07 Å². The fraction of sp³-hybridized carbons (Fsp3) is 0.167. The van der Waals surface area contributed by atoms with E-state index in [9.17, 15) is 14.7 Å². The maximum absolute atomic E-state index is 11.8. The average Bonchev–Trinajstić information content (AvgIpc) is 2.59. The number of nitrogens with zero attached hydrogens (tertiary/aromatic N) is 1. The molecule has 1 aromatic carbocycles. The highest BCUT2D eigenvalue weighted by Gasteiger charge is 2.31. The van der Waals surface area contributed by atoms with Crippen LogP contribution in [0, 0.1) is 3.57 Å². The van der Waals surface area contributed by atoms with Crippen molar-refractivity contribution in [3.05, 3.63) is 33.0 Å². The van der Waals surface area contributed by atoms with E-state index in [0.717, 1.165) is 10.5 Å². The standard InChI is InChI=1S/C12H11IN2O3/c1-2-15-11(17)9(14-12(15)18)6-7-3-4-10(16)8(13)5-7/h3-6,16H,2H2,1H3,(H,14,18)/b9-6-. The number of amides is 3. The average molecular weight is 358 g/mol. The van der Waals surface area contributed by atoms with Crippen molar-refractivity contribution in [2.75, 3.05) is 6.54 Å². The fourth-order valence-corrected chi connectivity index (χ4v) is 2.18. The summed E-state index contributed by atoms with van der Waals surface area (Å²) in [6.45, 7) is 2.08. The molecule has 3 amide bonds. The van der Waals surface area contributed by atoms with Gasteiger partial charge in [-0.15, -0.1) is 0 Å². The largest absolute Gasteiger partial charge is 0.507 e. The Bertz CT molecular complexity index is 554. The third-order valence-electron chi connectivity index (χ3n) is 2.56. The number of phenols is 1. The molecule has 0 bridgehead atoms. The zero-order valence-electron chi connectivity index (χ0n) is 9.61. The maximum Gasteiger partial charge on any atom is 0.328 e. The molecule has 94 valence electrons. The summed E-state index contributed by atoms with van der Waals surface area (Å²) in [5.74, 6) is -0.139. The van der Waals surface area contributed by atoms with E-state index in [1.54, 1.807) is 31.2 Å². The second-order valence-corrected chi connectivity index (χ2v) is 4.91. The number of carbonyl (C=O) groups excluding carboxylic acids is 2. The van der Waals surface area contributed by atoms with Gasteiger partial charge in [-0.2, -0.15) is 0 Å². The minimum Gasteiger partial charge on any atom is -0.507 e. The molecule has 1 heterocycles. The Morgan fingerprint density at radius 2 is 2.17 bits per heavy atom. The van der Waals surface area contributed by atoms with Gasteiger partial charge in [-0.3, -0.25) is 9.69 Å². The van der Waals surface area contributed by atoms with Crippen LogP contribution in [0.1, 0.15) is 12.5 Å². The molecule has 0 spiro atoms. The number of hydrogen-bond acceptors (Lipinski definition) is 3. The molecule has 0 radical (unpaired) electrons. The molecular weight excluding hydrogens is 347 g/mol. The molecule has 0 aliphatic carbocycles. The summed E-state index contributed by atoms with van der Waals surface area (Å²) in [5.41, 5.74) is 1.00. The number of benzene rings is 1. The van der Waals surface area contributed by atoms with Crippen molar-refractivity contribution < 1.29 is 14.7 Å². The van der Waals surface area contributed by atoms with Crippen LogP contribution in [0.3, 0.4) is 0 Å². The number of imide groups is 1. The van der Waals surface area contributed by atoms with Crippen LogP contribution in [0.15, 0.2) is 23.9 Å². The topological polar surface area (TPSA) is 69.6 Å². The van der Waals surface area contributed by atoms with E-state index in [-0.39, 0.29) is 17.4 Å². The van der Waals surface area contributed by atoms with Crippen molar-refractivity contribution in [2.24, 2.45) is 0 Å². The summed E-state index contributed by atoms with van der Waals surface area (Å²) in [4.78, 5) is 24.4. The Morgan fingerprint density at radius 1 is 1.44 bits per heavy atom. The van der Waals surface area contributed by atoms with Gasteiger partial charge < -0.3 is 10.4 Å². The number of carbonyl (C=O) groups is 2. The zero-order chi connectivity index (χ0) is 13.3. The molecule has 0 aromatic heterocycles. The van der Waals surface area contributed by atoms with Gasteiger partial charge in [-0.05, 0) is 53.3 Å². The first-order valence-electron chi connectivity index (χ1n) is 5.36. The quantitative estimate of drug-likeness (QED) is 0.482. The summed E-state index contributed by atoms with van der Waals surface area (Å²) in [7, 11) is 0. The van der Waals surface area contributed by atoms with E-state index >= 15 is 0 Å². The minimum atomic E-state index is -0.401. The maximum atomic E-state index is 11.8. The van der Waals surface area contributed by atoms with Crippen molar-refractivity contribution in [1.29, 1.82) is 0 Å². The van der Waals surface area contributed by atoms with Crippen LogP contribution in [-0.4, -0.2) is 28.5 Å². The molecule has 1 fully saturated rings. The van der Waals surface area contributed by atoms with Gasteiger partial charge in [0, 0.05) is 6.54 Å². The van der Waals surface area contributed by atoms with Gasteiger partial charge in [-0.25, -0.2) is 4.79 Å². The molecule has 6 heteroatoms. The second-order valence-electron chi connectivity index (χ2n) is 3.75. The number of likely N-dealkylation sites (N-methyl/N-ethyl adjacent to an activating group) is 1. The number of urea groups is 1. The molecular formula is C12H11IN2O3. The lowest BCUT2D eigenvalue weighted by Gasteiger charge is -2.06. The third kappa shape index (κ3) is 2.33. The molecule has 0 saturated carbocycles. The van der Waals surface area contributed by atoms with Gasteiger partial charge >= 0.3 is 6.03 Å². The molecule has 0 unspecified atom stereocenters. The van der Waals surface area contributed by atoms with Gasteiger partial charge in [0.1, 0.15) is 11.4 Å². The number of nitrogens with one attached hydrogen (secondary N) is 1. The molecule has 1 aliphatic heterocycles. The van der Waals surface area contributed by atoms with Gasteiger partial charge in [0.05, 0.1) is 3.57 Å². The van der Waals surface area contributed by atoms with Gasteiger partial charge in [0.25, 0.3) is 5.91 Å². The van der Waals surface area contributed by atoms with Crippen LogP contribution in [0.5, 0.6) is 5.75 Å². The van der Waals surface area contributed by atoms with E-state index in [2.05, 4.69) is 5.32 Å². The molecule has 2 rings (SSSR count). The summed E-state index contributed by atoms with van der Waals surface area (Å²) in [5, 5.41) is 11.9. The molecule has 2 N–H and O–H groups in total. The van der Waals surface area contributed by atoms with E-state index in [4.69, 9.17) is 0 Å². The minimum absolute atomic E-state index is 0.190. The summed E-state index contributed by atoms with van der Waals surface area (Å²) < 4.78 is 0.686. The van der Waals surface area contributed by atoms with Crippen LogP contribution >= 0.6 is 22.6 Å². The number of hydrogen-bond donors (Lipinski definition) is 2. The normalized spacial score (nSPS) is 17.4. The Hall–Kier alpha value is -1.57. The van der Waals surface area contributed by atoms with E-state index in [1.165, 1.54) is 0 Å². The van der Waals surface area contributed by atoms with Crippen LogP contribution in [0.4, 0.5) is 4.79 Å². The monoisotopic (exact) mass is 358 g/mol. The van der Waals surface area contributed by atoms with Crippen molar-refractivity contribution in [2.45, 2.75) is 6.92 Å². The lowest BCUT2D eigenvalue weighted by molar-refractivity contribution is -0.122. The van der Waals surface area contributed by atoms with Crippen LogP contribution in [0.25, 0.3) is 6.08 Å². The highest BCUT2D eigenvalue weighted by atomic mass is 127. The van der Waals surface area contributed by atoms with Gasteiger partial charge in [0.15, 0.2) is 0 Å². The summed E-state index contributed by atoms with van der Waals surface area (Å²) >= 11 is 2.00. The SMILES string of the molecule is CCN1C(=O)N/C(=C\c2ccc(O)c(I)c2)C1=O. The summed E-state index contributed by atoms with van der Waals surface area (Å²) in [6.07, 6.45) is 1.59. The first-order valence-corrected chi connectivity index (χ1v) is 6.44. The number of phenolic OH excluding ortho intramolecular Hbond substituents is 1. The predicted molar refractivity (Wildman–Crippen MR) is 74.7 cm³/mol. The molecule has 18 heavy (non-hydrogen) atoms. The first kappa shape index (κ1) is 12.9. The van der Waals surface area contributed by atoms with Crippen molar-refractivity contribution in [3.63, 3.8) is 0 Å². The number of halogens is 1. The van der Waals surface area contributed by atoms with Crippen LogP contribution < -0.4 is 5.32 Å². The first-order chi connectivity index (χ1) is 8.52. The lowest BCUT2D eigenvalue weighted by Crippen LogP contribution is -2.30. The lowest BCUT2D eigenvalue weighted by atomic mass is 10.2. The highest BCUT2D eigenvalue weighted by molar-refractivity contribution is 14.1. The number of rotatable bonds is 2. The molecule has 5 nitrogen and oxygen atoms in total. The van der Waals surface area contributed by atoms with E-state index in [0.29, 0.717) is 10.1 Å². The van der Waals surface area contributed by atoms with E-state index < -0.39 is 6.03 Å². The van der Waals surface area contributed by atoms with Crippen LogP contribution in [-0.2, 0) is 4.79 Å². The summed E-state index contributed by atoms with van der Waals surface area (Å²) in [6, 6.07) is 4.56. The highest BCUT2D eigenvalue weighted by Crippen LogP contribution is 2.22. The van der Waals surface area contributed by atoms with Crippen LogP contribution in [0.2, 0.25) is 0 Å². The smallest absolute Gasteiger partial charge is 0.328 e. The fourth-order valence-electron chi connectivity index (χ4n) is 1.64. The Morgan fingerprint density at radius 3 is 2.72 bits per heavy atom. The Labute approximate surface area is 118 Å². The number of aromatic hydroxyl groups is 1. The Balaban J connectivity index is 2.32. The van der Waals surface area contributed by atoms with Crippen molar-refractivity contribution in [1.82, 2.24) is 10.2 Å². The molecule has 0 atom stereocenters. The van der Waals surface area contributed by atoms with E-state index in [1.807, 2.05) is 22.6 Å². The predicted octanol–water partition coefficient (Wildman–Crippen LogP) is 1.91. The van der Waals surface area contributed by atoms with Gasteiger partial charge in [0.2, 0.25) is 0 Å². The molecule has 1 saturated heterocycles. The third-order valence-corrected chi connectivity index (χ3v) is 3.43. The zero-order valence-corrected chi connectivity index (χ0v) is 11.8. The molecule has 1 aliphatic rings.